The van der Waals surface area contributed by atoms with Crippen LogP contribution in [0.25, 0.3) is 22.3 Å². The zero-order valence-corrected chi connectivity index (χ0v) is 25.1. The van der Waals surface area contributed by atoms with Gasteiger partial charge in [-0.25, -0.2) is 0 Å². The number of carbonyl (C=O) groups is 2. The third kappa shape index (κ3) is 5.98. The predicted octanol–water partition coefficient (Wildman–Crippen LogP) is 9.35. The van der Waals surface area contributed by atoms with Crippen LogP contribution >= 0.6 is 0 Å². The van der Waals surface area contributed by atoms with Gasteiger partial charge in [-0.1, -0.05) is 146 Å². The Morgan fingerprint density at radius 3 is 1.07 bits per heavy atom. The van der Waals surface area contributed by atoms with Crippen LogP contribution in [0.3, 0.4) is 0 Å². The summed E-state index contributed by atoms with van der Waals surface area (Å²) in [6.45, 7) is 0. The van der Waals surface area contributed by atoms with Crippen molar-refractivity contribution in [2.75, 3.05) is 0 Å². The molecule has 1 aliphatic carbocycles. The van der Waals surface area contributed by atoms with Gasteiger partial charge >= 0.3 is 11.9 Å². The normalized spacial score (nSPS) is 18.6. The third-order valence-electron chi connectivity index (χ3n) is 8.78. The molecule has 6 aromatic carbocycles. The molecule has 1 aliphatic rings. The van der Waals surface area contributed by atoms with Gasteiger partial charge < -0.3 is 9.47 Å². The fraction of sp³-hybridized carbons (Fsp3) is 0.0952. The Morgan fingerprint density at radius 1 is 0.370 bits per heavy atom. The molecule has 4 nitrogen and oxygen atoms in total. The second-order valence-corrected chi connectivity index (χ2v) is 11.6. The van der Waals surface area contributed by atoms with E-state index in [0.29, 0.717) is 11.5 Å². The van der Waals surface area contributed by atoms with Crippen molar-refractivity contribution in [3.63, 3.8) is 0 Å². The van der Waals surface area contributed by atoms with Gasteiger partial charge in [0.1, 0.15) is 11.5 Å². The summed E-state index contributed by atoms with van der Waals surface area (Å²) >= 11 is 0. The van der Waals surface area contributed by atoms with Gasteiger partial charge in [0.05, 0.1) is 11.8 Å². The van der Waals surface area contributed by atoms with Gasteiger partial charge in [-0.3, -0.25) is 9.59 Å². The molecule has 0 spiro atoms. The first-order valence-corrected chi connectivity index (χ1v) is 15.5. The lowest BCUT2D eigenvalue weighted by Crippen LogP contribution is -2.53. The molecule has 0 amide bonds. The summed E-state index contributed by atoms with van der Waals surface area (Å²) in [4.78, 5) is 28.3. The van der Waals surface area contributed by atoms with Crippen LogP contribution in [0.15, 0.2) is 170 Å². The third-order valence-corrected chi connectivity index (χ3v) is 8.78. The topological polar surface area (TPSA) is 52.6 Å². The summed E-state index contributed by atoms with van der Waals surface area (Å²) in [6, 6.07) is 54.6. The largest absolute Gasteiger partial charge is 0.426 e. The van der Waals surface area contributed by atoms with Gasteiger partial charge in [0.25, 0.3) is 0 Å². The standard InChI is InChI=1S/C42H32O4/c43-41(45-35-25-13-23-33(27-35)29-15-5-1-6-16-29)39-37(31-19-9-3-10-20-31)40(38(39)32-21-11-4-12-22-32)42(44)46-36-26-14-24-34(28-36)30-17-7-2-8-18-30/h1-28,37-40H. The van der Waals surface area contributed by atoms with Crippen LogP contribution in [-0.4, -0.2) is 11.9 Å². The average molecular weight is 601 g/mol. The molecule has 0 heterocycles. The smallest absolute Gasteiger partial charge is 0.315 e. The van der Waals surface area contributed by atoms with Crippen molar-refractivity contribution in [3.05, 3.63) is 181 Å². The van der Waals surface area contributed by atoms with E-state index in [1.54, 1.807) is 12.1 Å². The molecule has 0 aliphatic heterocycles. The monoisotopic (exact) mass is 600 g/mol. The molecule has 0 aromatic heterocycles. The minimum Gasteiger partial charge on any atom is -0.426 e. The van der Waals surface area contributed by atoms with E-state index in [2.05, 4.69) is 0 Å². The Labute approximate surface area is 268 Å². The van der Waals surface area contributed by atoms with Gasteiger partial charge in [0, 0.05) is 11.8 Å². The van der Waals surface area contributed by atoms with Crippen molar-refractivity contribution in [2.45, 2.75) is 11.8 Å². The number of ether oxygens (including phenoxy) is 2. The molecule has 0 unspecified atom stereocenters. The van der Waals surface area contributed by atoms with E-state index in [1.807, 2.05) is 158 Å². The van der Waals surface area contributed by atoms with E-state index >= 15 is 0 Å². The highest BCUT2D eigenvalue weighted by molar-refractivity contribution is 5.87. The van der Waals surface area contributed by atoms with E-state index in [-0.39, 0.29) is 11.9 Å². The maximum Gasteiger partial charge on any atom is 0.315 e. The quantitative estimate of drug-likeness (QED) is 0.129. The van der Waals surface area contributed by atoms with Crippen molar-refractivity contribution in [1.29, 1.82) is 0 Å². The summed E-state index contributed by atoms with van der Waals surface area (Å²) < 4.78 is 12.2. The first kappa shape index (κ1) is 29.0. The zero-order chi connectivity index (χ0) is 31.3. The highest BCUT2D eigenvalue weighted by Crippen LogP contribution is 2.58. The van der Waals surface area contributed by atoms with Crippen LogP contribution in [0.5, 0.6) is 11.5 Å². The highest BCUT2D eigenvalue weighted by Gasteiger charge is 2.59. The first-order chi connectivity index (χ1) is 22.7. The van der Waals surface area contributed by atoms with Crippen molar-refractivity contribution in [1.82, 2.24) is 0 Å². The van der Waals surface area contributed by atoms with Gasteiger partial charge in [0.2, 0.25) is 0 Å². The maximum absolute atomic E-state index is 14.2. The molecule has 0 saturated heterocycles. The SMILES string of the molecule is O=C(Oc1cccc(-c2ccccc2)c1)C1C(c2ccccc2)C(C(=O)Oc2cccc(-c3ccccc3)c2)C1c1ccccc1. The summed E-state index contributed by atoms with van der Waals surface area (Å²) in [5.74, 6) is -1.87. The molecule has 1 saturated carbocycles. The Kier molecular flexibility index (Phi) is 8.25. The van der Waals surface area contributed by atoms with E-state index in [9.17, 15) is 9.59 Å². The Bertz CT molecular complexity index is 1790. The van der Waals surface area contributed by atoms with Crippen LogP contribution < -0.4 is 9.47 Å². The van der Waals surface area contributed by atoms with Crippen LogP contribution in [0.4, 0.5) is 0 Å². The lowest BCUT2D eigenvalue weighted by Gasteiger charge is -2.49. The zero-order valence-electron chi connectivity index (χ0n) is 25.1. The molecular weight excluding hydrogens is 568 g/mol. The molecule has 0 bridgehead atoms. The van der Waals surface area contributed by atoms with Crippen LogP contribution in [0, 0.1) is 11.8 Å². The summed E-state index contributed by atoms with van der Waals surface area (Å²) in [5.41, 5.74) is 5.78. The predicted molar refractivity (Wildman–Crippen MR) is 180 cm³/mol. The molecule has 4 heteroatoms. The Morgan fingerprint density at radius 2 is 0.696 bits per heavy atom. The molecule has 7 rings (SSSR count). The summed E-state index contributed by atoms with van der Waals surface area (Å²) in [6.07, 6.45) is 0. The van der Waals surface area contributed by atoms with Gasteiger partial charge in [-0.05, 0) is 57.6 Å². The maximum atomic E-state index is 14.2. The Hall–Kier alpha value is -5.74. The van der Waals surface area contributed by atoms with Crippen molar-refractivity contribution in [2.24, 2.45) is 11.8 Å². The molecule has 46 heavy (non-hydrogen) atoms. The summed E-state index contributed by atoms with van der Waals surface area (Å²) in [7, 11) is 0. The fourth-order valence-corrected chi connectivity index (χ4v) is 6.62. The van der Waals surface area contributed by atoms with Gasteiger partial charge in [-0.15, -0.1) is 0 Å². The van der Waals surface area contributed by atoms with Crippen LogP contribution in [0.1, 0.15) is 23.0 Å². The van der Waals surface area contributed by atoms with Gasteiger partial charge in [-0.2, -0.15) is 0 Å². The van der Waals surface area contributed by atoms with Gasteiger partial charge in [0.15, 0.2) is 0 Å². The molecule has 224 valence electrons. The molecule has 0 radical (unpaired) electrons. The van der Waals surface area contributed by atoms with E-state index in [0.717, 1.165) is 33.4 Å². The average Bonchev–Trinajstić information content (AvgIpc) is 3.10. The number of esters is 2. The molecule has 1 fully saturated rings. The van der Waals surface area contributed by atoms with Crippen LogP contribution in [0.2, 0.25) is 0 Å². The van der Waals surface area contributed by atoms with Crippen LogP contribution in [-0.2, 0) is 9.59 Å². The minimum atomic E-state index is -0.599. The van der Waals surface area contributed by atoms with E-state index in [1.165, 1.54) is 0 Å². The number of benzene rings is 6. The number of carbonyl (C=O) groups excluding carboxylic acids is 2. The number of hydrogen-bond acceptors (Lipinski definition) is 4. The number of hydrogen-bond donors (Lipinski definition) is 0. The Balaban J connectivity index is 1.22. The van der Waals surface area contributed by atoms with Crippen molar-refractivity contribution >= 4 is 11.9 Å². The second-order valence-electron chi connectivity index (χ2n) is 11.6. The lowest BCUT2D eigenvalue weighted by atomic mass is 9.52. The van der Waals surface area contributed by atoms with Crippen molar-refractivity contribution < 1.29 is 19.1 Å². The van der Waals surface area contributed by atoms with E-state index < -0.39 is 23.7 Å². The molecular formula is C42H32O4. The first-order valence-electron chi connectivity index (χ1n) is 15.5. The molecule has 0 atom stereocenters. The highest BCUT2D eigenvalue weighted by atomic mass is 16.5. The van der Waals surface area contributed by atoms with E-state index in [4.69, 9.17) is 9.47 Å². The number of rotatable bonds is 8. The molecule has 6 aromatic rings. The minimum absolute atomic E-state index is 0.372. The molecule has 0 N–H and O–H groups in total. The fourth-order valence-electron chi connectivity index (χ4n) is 6.62. The second kappa shape index (κ2) is 13.1. The summed E-state index contributed by atoms with van der Waals surface area (Å²) in [5, 5.41) is 0. The lowest BCUT2D eigenvalue weighted by molar-refractivity contribution is -0.156. The van der Waals surface area contributed by atoms with Crippen molar-refractivity contribution in [3.8, 4) is 33.8 Å².